The van der Waals surface area contributed by atoms with Crippen molar-refractivity contribution >= 4 is 43.9 Å². The van der Waals surface area contributed by atoms with Crippen molar-refractivity contribution in [2.24, 2.45) is 0 Å². The predicted molar refractivity (Wildman–Crippen MR) is 227 cm³/mol. The zero-order valence-electron chi connectivity index (χ0n) is 30.1. The molecule has 56 heavy (non-hydrogen) atoms. The molecule has 5 nitrogen and oxygen atoms in total. The van der Waals surface area contributed by atoms with E-state index < -0.39 is 0 Å². The number of furan rings is 2. The molecular weight excluding hydrogens is 687 g/mol. The van der Waals surface area contributed by atoms with Gasteiger partial charge in [-0.1, -0.05) is 146 Å². The van der Waals surface area contributed by atoms with Crippen molar-refractivity contribution in [2.75, 3.05) is 0 Å². The molecule has 8 aromatic carbocycles. The van der Waals surface area contributed by atoms with Gasteiger partial charge in [-0.3, -0.25) is 0 Å². The third-order valence-electron chi connectivity index (χ3n) is 10.5. The molecule has 11 rings (SSSR count). The molecule has 262 valence electrons. The molecule has 0 spiro atoms. The topological polar surface area (TPSA) is 65.0 Å². The van der Waals surface area contributed by atoms with Crippen LogP contribution in [0, 0.1) is 0 Å². The average Bonchev–Trinajstić information content (AvgIpc) is 3.84. The lowest BCUT2D eigenvalue weighted by atomic mass is 9.95. The molecule has 0 bridgehead atoms. The maximum atomic E-state index is 6.63. The van der Waals surface area contributed by atoms with Crippen LogP contribution in [0.1, 0.15) is 0 Å². The lowest BCUT2D eigenvalue weighted by Gasteiger charge is -2.09. The maximum Gasteiger partial charge on any atom is 0.164 e. The molecule has 0 amide bonds. The van der Waals surface area contributed by atoms with Crippen molar-refractivity contribution in [3.63, 3.8) is 0 Å². The summed E-state index contributed by atoms with van der Waals surface area (Å²) in [6.07, 6.45) is 0. The van der Waals surface area contributed by atoms with Crippen LogP contribution in [0.2, 0.25) is 0 Å². The molecule has 0 aliphatic heterocycles. The Morgan fingerprint density at radius 2 is 0.732 bits per heavy atom. The number of aromatic nitrogens is 3. The summed E-state index contributed by atoms with van der Waals surface area (Å²) in [5.41, 5.74) is 12.7. The van der Waals surface area contributed by atoms with E-state index in [-0.39, 0.29) is 0 Å². The summed E-state index contributed by atoms with van der Waals surface area (Å²) in [5.74, 6) is 1.81. The standard InChI is InChI=1S/C51H31N3O2/c1-4-12-32(13-5-1)33-20-22-36(23-21-33)50-52-49(35-16-8-3-9-17-35)53-51(54-50)38-25-27-42-41-26-24-37(30-46(41)55-47(42)31-38)39-28-43(34-14-6-2-7-15-34)48-44(29-39)40-18-10-11-19-45(40)56-48/h1-31H. The van der Waals surface area contributed by atoms with Crippen molar-refractivity contribution in [1.82, 2.24) is 15.0 Å². The van der Waals surface area contributed by atoms with Crippen molar-refractivity contribution < 1.29 is 8.83 Å². The summed E-state index contributed by atoms with van der Waals surface area (Å²) in [7, 11) is 0. The average molecular weight is 718 g/mol. The fourth-order valence-electron chi connectivity index (χ4n) is 7.71. The number of rotatable bonds is 6. The highest BCUT2D eigenvalue weighted by atomic mass is 16.3. The van der Waals surface area contributed by atoms with Gasteiger partial charge in [0.1, 0.15) is 22.3 Å². The largest absolute Gasteiger partial charge is 0.456 e. The monoisotopic (exact) mass is 717 g/mol. The van der Waals surface area contributed by atoms with Gasteiger partial charge in [-0.25, -0.2) is 15.0 Å². The molecule has 5 heteroatoms. The van der Waals surface area contributed by atoms with Crippen LogP contribution in [0.25, 0.3) is 111 Å². The van der Waals surface area contributed by atoms with Crippen molar-refractivity contribution in [1.29, 1.82) is 0 Å². The minimum atomic E-state index is 0.582. The zero-order chi connectivity index (χ0) is 37.0. The molecule has 0 atom stereocenters. The second kappa shape index (κ2) is 13.0. The van der Waals surface area contributed by atoms with Crippen LogP contribution in [-0.4, -0.2) is 15.0 Å². The van der Waals surface area contributed by atoms with Crippen LogP contribution in [0.3, 0.4) is 0 Å². The van der Waals surface area contributed by atoms with E-state index in [2.05, 4.69) is 127 Å². The molecule has 0 aliphatic rings. The highest BCUT2D eigenvalue weighted by Gasteiger charge is 2.18. The summed E-state index contributed by atoms with van der Waals surface area (Å²) < 4.78 is 13.1. The van der Waals surface area contributed by atoms with Crippen LogP contribution >= 0.6 is 0 Å². The lowest BCUT2D eigenvalue weighted by molar-refractivity contribution is 0.669. The zero-order valence-corrected chi connectivity index (χ0v) is 30.1. The van der Waals surface area contributed by atoms with Crippen LogP contribution in [0.4, 0.5) is 0 Å². The Morgan fingerprint density at radius 3 is 1.41 bits per heavy atom. The van der Waals surface area contributed by atoms with Gasteiger partial charge in [0.15, 0.2) is 17.5 Å². The molecule has 0 saturated carbocycles. The molecule has 3 aromatic heterocycles. The van der Waals surface area contributed by atoms with Gasteiger partial charge in [-0.15, -0.1) is 0 Å². The van der Waals surface area contributed by atoms with Gasteiger partial charge in [0.2, 0.25) is 0 Å². The smallest absolute Gasteiger partial charge is 0.164 e. The van der Waals surface area contributed by atoms with E-state index >= 15 is 0 Å². The van der Waals surface area contributed by atoms with Crippen molar-refractivity contribution in [3.05, 3.63) is 188 Å². The predicted octanol–water partition coefficient (Wildman–Crippen LogP) is 13.7. The minimum Gasteiger partial charge on any atom is -0.456 e. The van der Waals surface area contributed by atoms with Gasteiger partial charge in [0.05, 0.1) is 0 Å². The van der Waals surface area contributed by atoms with Gasteiger partial charge in [-0.2, -0.15) is 0 Å². The number of benzene rings is 8. The normalized spacial score (nSPS) is 11.6. The van der Waals surface area contributed by atoms with Crippen LogP contribution in [0.5, 0.6) is 0 Å². The Labute approximate surface area is 322 Å². The molecule has 11 aromatic rings. The molecule has 0 saturated heterocycles. The maximum absolute atomic E-state index is 6.63. The summed E-state index contributed by atoms with van der Waals surface area (Å²) in [6, 6.07) is 64.6. The van der Waals surface area contributed by atoms with Gasteiger partial charge in [0.25, 0.3) is 0 Å². The SMILES string of the molecule is c1ccc(-c2ccc(-c3nc(-c4ccccc4)nc(-c4ccc5c(c4)oc4cc(-c6cc(-c7ccccc7)c7oc8ccccc8c7c6)ccc45)n3)cc2)cc1. The fourth-order valence-corrected chi connectivity index (χ4v) is 7.71. The fraction of sp³-hybridized carbons (Fsp3) is 0. The van der Waals surface area contributed by atoms with Gasteiger partial charge in [-0.05, 0) is 70.3 Å². The Hall–Kier alpha value is -7.63. The first-order valence-corrected chi connectivity index (χ1v) is 18.7. The summed E-state index contributed by atoms with van der Waals surface area (Å²) in [4.78, 5) is 14.9. The third-order valence-corrected chi connectivity index (χ3v) is 10.5. The number of hydrogen-bond donors (Lipinski definition) is 0. The quantitative estimate of drug-likeness (QED) is 0.171. The summed E-state index contributed by atoms with van der Waals surface area (Å²) in [5, 5.41) is 4.27. The first kappa shape index (κ1) is 31.9. The Morgan fingerprint density at radius 1 is 0.268 bits per heavy atom. The first-order chi connectivity index (χ1) is 27.7. The Kier molecular flexibility index (Phi) is 7.42. The van der Waals surface area contributed by atoms with E-state index in [4.69, 9.17) is 23.8 Å². The molecule has 0 fully saturated rings. The van der Waals surface area contributed by atoms with Gasteiger partial charge < -0.3 is 8.83 Å². The molecular formula is C51H31N3O2. The third kappa shape index (κ3) is 5.53. The molecule has 0 radical (unpaired) electrons. The Bertz CT molecular complexity index is 3220. The lowest BCUT2D eigenvalue weighted by Crippen LogP contribution is -2.00. The van der Waals surface area contributed by atoms with E-state index in [1.54, 1.807) is 0 Å². The molecule has 3 heterocycles. The van der Waals surface area contributed by atoms with E-state index in [1.165, 1.54) is 0 Å². The summed E-state index contributed by atoms with van der Waals surface area (Å²) in [6.45, 7) is 0. The van der Waals surface area contributed by atoms with Gasteiger partial charge >= 0.3 is 0 Å². The summed E-state index contributed by atoms with van der Waals surface area (Å²) >= 11 is 0. The van der Waals surface area contributed by atoms with E-state index in [9.17, 15) is 0 Å². The van der Waals surface area contributed by atoms with E-state index in [0.29, 0.717) is 17.5 Å². The molecule has 0 N–H and O–H groups in total. The molecule has 0 unspecified atom stereocenters. The second-order valence-corrected chi connectivity index (χ2v) is 14.0. The van der Waals surface area contributed by atoms with Crippen LogP contribution < -0.4 is 0 Å². The Balaban J connectivity index is 1.01. The number of nitrogens with zero attached hydrogens (tertiary/aromatic N) is 3. The molecule has 0 aliphatic carbocycles. The second-order valence-electron chi connectivity index (χ2n) is 14.0. The van der Waals surface area contributed by atoms with Gasteiger partial charge in [0, 0.05) is 43.8 Å². The van der Waals surface area contributed by atoms with Crippen molar-refractivity contribution in [2.45, 2.75) is 0 Å². The number of hydrogen-bond acceptors (Lipinski definition) is 5. The van der Waals surface area contributed by atoms with Crippen LogP contribution in [0.15, 0.2) is 197 Å². The first-order valence-electron chi connectivity index (χ1n) is 18.7. The van der Waals surface area contributed by atoms with Crippen molar-refractivity contribution in [3.8, 4) is 67.5 Å². The van der Waals surface area contributed by atoms with Crippen LogP contribution in [-0.2, 0) is 0 Å². The van der Waals surface area contributed by atoms with E-state index in [0.717, 1.165) is 93.9 Å². The highest BCUT2D eigenvalue weighted by molar-refractivity contribution is 6.12. The highest BCUT2D eigenvalue weighted by Crippen LogP contribution is 2.41. The van der Waals surface area contributed by atoms with E-state index in [1.807, 2.05) is 60.7 Å². The number of fused-ring (bicyclic) bond motifs is 6. The number of para-hydroxylation sites is 1. The minimum absolute atomic E-state index is 0.582.